The van der Waals surface area contributed by atoms with E-state index in [-0.39, 0.29) is 18.0 Å². The van der Waals surface area contributed by atoms with Crippen molar-refractivity contribution in [2.45, 2.75) is 117 Å². The molecule has 4 heterocycles. The minimum absolute atomic E-state index is 0.251. The van der Waals surface area contributed by atoms with Crippen molar-refractivity contribution in [2.24, 2.45) is 5.41 Å². The molecule has 0 atom stereocenters. The van der Waals surface area contributed by atoms with E-state index >= 15 is 0 Å². The fraction of sp³-hybridized carbons (Fsp3) is 0.697. The van der Waals surface area contributed by atoms with Crippen LogP contribution >= 0.6 is 0 Å². The van der Waals surface area contributed by atoms with Gasteiger partial charge in [0, 0.05) is 25.0 Å². The monoisotopic (exact) mass is 540 g/mol. The molecule has 2 aliphatic rings. The Morgan fingerprint density at radius 2 is 0.974 bits per heavy atom. The van der Waals surface area contributed by atoms with Crippen LogP contribution in [-0.2, 0) is 32.0 Å². The van der Waals surface area contributed by atoms with E-state index in [0.717, 1.165) is 24.2 Å². The normalized spacial score (nSPS) is 23.3. The van der Waals surface area contributed by atoms with Crippen molar-refractivity contribution in [3.8, 4) is 0 Å². The van der Waals surface area contributed by atoms with Crippen LogP contribution in [0.2, 0.25) is 0 Å². The van der Waals surface area contributed by atoms with Crippen LogP contribution in [0.25, 0.3) is 0 Å². The molecule has 2 aromatic heterocycles. The zero-order valence-corrected chi connectivity index (χ0v) is 24.5. The Hall–Kier alpha value is -1.86. The summed E-state index contributed by atoms with van der Waals surface area (Å²) in [6.07, 6.45) is 23.6. The molecular formula is C33H52N2O4+2. The Kier molecular flexibility index (Phi) is 12.7. The lowest BCUT2D eigenvalue weighted by Crippen LogP contribution is -2.49. The average molecular weight is 541 g/mol. The molecule has 216 valence electrons. The summed E-state index contributed by atoms with van der Waals surface area (Å²) in [5.74, 6) is 0. The predicted octanol–water partition coefficient (Wildman–Crippen LogP) is 6.76. The lowest BCUT2D eigenvalue weighted by Gasteiger charge is -2.43. The second-order valence-corrected chi connectivity index (χ2v) is 11.7. The second kappa shape index (κ2) is 16.4. The summed E-state index contributed by atoms with van der Waals surface area (Å²) in [6.45, 7) is 8.90. The third kappa shape index (κ3) is 9.63. The molecule has 2 fully saturated rings. The SMILES string of the molecule is CCCCCCCC[n+]1cccc(C2OCC3(CO2)COC(c2ccc[n+](CCCCCCCC)c2)OC3)c1. The minimum Gasteiger partial charge on any atom is -0.347 e. The summed E-state index contributed by atoms with van der Waals surface area (Å²) in [4.78, 5) is 0. The second-order valence-electron chi connectivity index (χ2n) is 11.7. The molecule has 2 saturated heterocycles. The van der Waals surface area contributed by atoms with Gasteiger partial charge in [0.25, 0.3) is 0 Å². The third-order valence-electron chi connectivity index (χ3n) is 8.01. The molecule has 0 radical (unpaired) electrons. The summed E-state index contributed by atoms with van der Waals surface area (Å²) in [5, 5.41) is 0. The van der Waals surface area contributed by atoms with Crippen LogP contribution in [0.1, 0.15) is 115 Å². The fourth-order valence-corrected chi connectivity index (χ4v) is 5.53. The first-order valence-electron chi connectivity index (χ1n) is 15.7. The van der Waals surface area contributed by atoms with Crippen LogP contribution in [0.4, 0.5) is 0 Å². The van der Waals surface area contributed by atoms with Crippen molar-refractivity contribution in [3.05, 3.63) is 60.2 Å². The number of hydrogen-bond acceptors (Lipinski definition) is 4. The Morgan fingerprint density at radius 3 is 1.38 bits per heavy atom. The molecule has 0 bridgehead atoms. The van der Waals surface area contributed by atoms with Gasteiger partial charge < -0.3 is 18.9 Å². The third-order valence-corrected chi connectivity index (χ3v) is 8.01. The van der Waals surface area contributed by atoms with E-state index in [1.807, 2.05) is 0 Å². The number of unbranched alkanes of at least 4 members (excludes halogenated alkanes) is 10. The molecule has 1 spiro atoms. The Bertz CT molecular complexity index is 871. The molecule has 6 heteroatoms. The number of nitrogens with zero attached hydrogens (tertiary/aromatic N) is 2. The molecule has 0 unspecified atom stereocenters. The summed E-state index contributed by atoms with van der Waals surface area (Å²) < 4.78 is 29.4. The highest BCUT2D eigenvalue weighted by Gasteiger charge is 2.43. The molecule has 2 aromatic rings. The molecule has 0 saturated carbocycles. The van der Waals surface area contributed by atoms with E-state index in [2.05, 4.69) is 72.0 Å². The van der Waals surface area contributed by atoms with Crippen molar-refractivity contribution in [1.29, 1.82) is 0 Å². The Balaban J connectivity index is 1.19. The highest BCUT2D eigenvalue weighted by atomic mass is 16.7. The van der Waals surface area contributed by atoms with Gasteiger partial charge in [0.15, 0.2) is 37.4 Å². The number of ether oxygens (including phenoxy) is 4. The van der Waals surface area contributed by atoms with Gasteiger partial charge in [-0.1, -0.05) is 65.2 Å². The minimum atomic E-state index is -0.333. The van der Waals surface area contributed by atoms with Gasteiger partial charge in [0.2, 0.25) is 0 Å². The van der Waals surface area contributed by atoms with E-state index in [9.17, 15) is 0 Å². The van der Waals surface area contributed by atoms with Crippen molar-refractivity contribution < 1.29 is 28.1 Å². The predicted molar refractivity (Wildman–Crippen MR) is 152 cm³/mol. The van der Waals surface area contributed by atoms with Gasteiger partial charge in [0.05, 0.1) is 43.0 Å². The number of rotatable bonds is 16. The summed E-state index contributed by atoms with van der Waals surface area (Å²) in [7, 11) is 0. The highest BCUT2D eigenvalue weighted by molar-refractivity contribution is 5.09. The summed E-state index contributed by atoms with van der Waals surface area (Å²) in [6, 6.07) is 8.39. The van der Waals surface area contributed by atoms with Crippen LogP contribution < -0.4 is 9.13 Å². The number of hydrogen-bond donors (Lipinski definition) is 0. The summed E-state index contributed by atoms with van der Waals surface area (Å²) in [5.41, 5.74) is 1.90. The molecule has 0 aromatic carbocycles. The van der Waals surface area contributed by atoms with Crippen LogP contribution in [0, 0.1) is 5.41 Å². The molecule has 39 heavy (non-hydrogen) atoms. The van der Waals surface area contributed by atoms with Gasteiger partial charge in [-0.3, -0.25) is 0 Å². The van der Waals surface area contributed by atoms with Gasteiger partial charge in [-0.15, -0.1) is 0 Å². The van der Waals surface area contributed by atoms with Gasteiger partial charge in [0.1, 0.15) is 13.1 Å². The number of aromatic nitrogens is 2. The van der Waals surface area contributed by atoms with E-state index in [1.165, 1.54) is 77.0 Å². The topological polar surface area (TPSA) is 44.7 Å². The quantitative estimate of drug-likeness (QED) is 0.174. The highest BCUT2D eigenvalue weighted by Crippen LogP contribution is 2.37. The Labute approximate surface area is 236 Å². The maximum atomic E-state index is 6.22. The molecular weight excluding hydrogens is 488 g/mol. The lowest BCUT2D eigenvalue weighted by molar-refractivity contribution is -0.698. The van der Waals surface area contributed by atoms with E-state index < -0.39 is 0 Å². The largest absolute Gasteiger partial charge is 0.347 e. The van der Waals surface area contributed by atoms with Crippen molar-refractivity contribution in [1.82, 2.24) is 0 Å². The zero-order chi connectivity index (χ0) is 27.2. The molecule has 0 N–H and O–H groups in total. The van der Waals surface area contributed by atoms with Crippen molar-refractivity contribution >= 4 is 0 Å². The first-order valence-corrected chi connectivity index (χ1v) is 15.7. The smallest absolute Gasteiger partial charge is 0.189 e. The van der Waals surface area contributed by atoms with E-state index in [0.29, 0.717) is 26.4 Å². The van der Waals surface area contributed by atoms with Crippen LogP contribution in [-0.4, -0.2) is 26.4 Å². The fourth-order valence-electron chi connectivity index (χ4n) is 5.53. The first kappa shape index (κ1) is 30.1. The molecule has 0 aliphatic carbocycles. The number of aryl methyl sites for hydroxylation is 2. The molecule has 2 aliphatic heterocycles. The van der Waals surface area contributed by atoms with Gasteiger partial charge in [-0.05, 0) is 25.0 Å². The molecule has 0 amide bonds. The van der Waals surface area contributed by atoms with Crippen molar-refractivity contribution in [2.75, 3.05) is 26.4 Å². The van der Waals surface area contributed by atoms with Gasteiger partial charge in [-0.25, -0.2) is 9.13 Å². The molecule has 4 rings (SSSR count). The van der Waals surface area contributed by atoms with Crippen LogP contribution in [0.15, 0.2) is 49.1 Å². The number of pyridine rings is 2. The maximum Gasteiger partial charge on any atom is 0.189 e. The summed E-state index contributed by atoms with van der Waals surface area (Å²) >= 11 is 0. The van der Waals surface area contributed by atoms with Crippen molar-refractivity contribution in [3.63, 3.8) is 0 Å². The zero-order valence-electron chi connectivity index (χ0n) is 24.5. The maximum absolute atomic E-state index is 6.22. The molecule has 6 nitrogen and oxygen atoms in total. The van der Waals surface area contributed by atoms with Crippen LogP contribution in [0.5, 0.6) is 0 Å². The Morgan fingerprint density at radius 1 is 0.590 bits per heavy atom. The van der Waals surface area contributed by atoms with Gasteiger partial charge >= 0.3 is 0 Å². The lowest BCUT2D eigenvalue weighted by atomic mass is 9.90. The van der Waals surface area contributed by atoms with E-state index in [1.54, 1.807) is 0 Å². The van der Waals surface area contributed by atoms with Gasteiger partial charge in [-0.2, -0.15) is 0 Å². The first-order chi connectivity index (χ1) is 19.2. The standard InChI is InChI=1S/C33H52N2O4/c1-3-5-7-9-11-13-19-34-21-15-17-29(23-34)31-36-25-33(26-37-31)27-38-32(39-28-33)30-18-16-22-35(24-30)20-14-12-10-8-6-4-2/h15-18,21-24,31-32H,3-14,19-20,25-28H2,1-2H3/q+2. The van der Waals surface area contributed by atoms with Crippen LogP contribution in [0.3, 0.4) is 0 Å². The average Bonchev–Trinajstić information content (AvgIpc) is 2.98. The van der Waals surface area contributed by atoms with E-state index in [4.69, 9.17) is 18.9 Å².